The molecule has 4 aliphatic carbocycles. The monoisotopic (exact) mass is 352 g/mol. The molecule has 24 heavy (non-hydrogen) atoms. The average molecular weight is 353 g/mol. The molecule has 0 unspecified atom stereocenters. The standard InChI is InChI=1S/C21H33ClO2/c1-20-9-7-14(23)11-13(20)3-4-15-16-5-6-18(19(24)12-22)21(16,2)10-8-17(15)20/h13-18,23H,3-12H2,1-2H3/t13-,14+,15+,16+,17+,18+,20-,21-/m0/s1. The maximum absolute atomic E-state index is 12.4. The molecule has 0 aliphatic heterocycles. The lowest BCUT2D eigenvalue weighted by Crippen LogP contribution is -2.54. The number of Topliss-reactive ketones (excluding diaryl/α,β-unsaturated/α-hetero) is 1. The highest BCUT2D eigenvalue weighted by atomic mass is 35.5. The molecule has 0 aromatic carbocycles. The van der Waals surface area contributed by atoms with E-state index in [-0.39, 0.29) is 23.3 Å². The summed E-state index contributed by atoms with van der Waals surface area (Å²) >= 11 is 5.92. The minimum Gasteiger partial charge on any atom is -0.393 e. The molecule has 0 heterocycles. The second-order valence-electron chi connectivity index (χ2n) is 9.86. The molecule has 0 aromatic heterocycles. The molecule has 4 saturated carbocycles. The van der Waals surface area contributed by atoms with Gasteiger partial charge in [0.15, 0.2) is 5.78 Å². The van der Waals surface area contributed by atoms with Gasteiger partial charge in [0, 0.05) is 5.92 Å². The summed E-state index contributed by atoms with van der Waals surface area (Å²) in [6, 6.07) is 0. The van der Waals surface area contributed by atoms with E-state index in [1.165, 1.54) is 38.5 Å². The molecule has 0 spiro atoms. The molecule has 2 nitrogen and oxygen atoms in total. The zero-order chi connectivity index (χ0) is 17.1. The summed E-state index contributed by atoms with van der Waals surface area (Å²) in [7, 11) is 0. The second-order valence-corrected chi connectivity index (χ2v) is 10.1. The van der Waals surface area contributed by atoms with Crippen molar-refractivity contribution >= 4 is 17.4 Å². The Hall–Kier alpha value is -0.0800. The lowest BCUT2D eigenvalue weighted by atomic mass is 9.44. The zero-order valence-corrected chi connectivity index (χ0v) is 16.0. The van der Waals surface area contributed by atoms with Crippen molar-refractivity contribution in [2.75, 3.05) is 5.88 Å². The fourth-order valence-corrected chi connectivity index (χ4v) is 8.04. The topological polar surface area (TPSA) is 37.3 Å². The summed E-state index contributed by atoms with van der Waals surface area (Å²) in [4.78, 5) is 12.4. The third kappa shape index (κ3) is 2.35. The molecule has 0 aromatic rings. The number of carbonyl (C=O) groups is 1. The van der Waals surface area contributed by atoms with Gasteiger partial charge in [0.05, 0.1) is 12.0 Å². The van der Waals surface area contributed by atoms with Crippen molar-refractivity contribution in [3.8, 4) is 0 Å². The maximum atomic E-state index is 12.4. The average Bonchev–Trinajstić information content (AvgIpc) is 2.92. The predicted octanol–water partition coefficient (Wildman–Crippen LogP) is 4.81. The van der Waals surface area contributed by atoms with Gasteiger partial charge in [-0.2, -0.15) is 0 Å². The first-order valence-electron chi connectivity index (χ1n) is 10.2. The van der Waals surface area contributed by atoms with Crippen LogP contribution in [0, 0.1) is 40.4 Å². The van der Waals surface area contributed by atoms with Gasteiger partial charge in [-0.15, -0.1) is 11.6 Å². The summed E-state index contributed by atoms with van der Waals surface area (Å²) in [5.41, 5.74) is 0.628. The molecule has 8 atom stereocenters. The van der Waals surface area contributed by atoms with Gasteiger partial charge in [0.25, 0.3) is 0 Å². The molecule has 4 rings (SSSR count). The van der Waals surface area contributed by atoms with Gasteiger partial charge in [-0.05, 0) is 92.3 Å². The van der Waals surface area contributed by atoms with Crippen LogP contribution in [0.15, 0.2) is 0 Å². The summed E-state index contributed by atoms with van der Waals surface area (Å²) in [6.45, 7) is 4.93. The molecule has 0 radical (unpaired) electrons. The summed E-state index contributed by atoms with van der Waals surface area (Å²) < 4.78 is 0. The number of carbonyl (C=O) groups excluding carboxylic acids is 1. The fraction of sp³-hybridized carbons (Fsp3) is 0.952. The van der Waals surface area contributed by atoms with Crippen molar-refractivity contribution in [2.45, 2.75) is 77.7 Å². The number of rotatable bonds is 2. The molecular weight excluding hydrogens is 320 g/mol. The number of aliphatic hydroxyl groups is 1. The molecule has 136 valence electrons. The summed E-state index contributed by atoms with van der Waals surface area (Å²) in [5, 5.41) is 10.1. The smallest absolute Gasteiger partial charge is 0.151 e. The van der Waals surface area contributed by atoms with Crippen LogP contribution in [0.1, 0.15) is 71.6 Å². The number of halogens is 1. The van der Waals surface area contributed by atoms with Gasteiger partial charge in [-0.1, -0.05) is 13.8 Å². The van der Waals surface area contributed by atoms with Gasteiger partial charge in [0.1, 0.15) is 0 Å². The highest BCUT2D eigenvalue weighted by Crippen LogP contribution is 2.67. The predicted molar refractivity (Wildman–Crippen MR) is 97.0 cm³/mol. The van der Waals surface area contributed by atoms with Crippen molar-refractivity contribution in [1.29, 1.82) is 0 Å². The van der Waals surface area contributed by atoms with E-state index in [9.17, 15) is 9.90 Å². The van der Waals surface area contributed by atoms with Crippen LogP contribution in [-0.4, -0.2) is 22.9 Å². The van der Waals surface area contributed by atoms with Gasteiger partial charge in [-0.25, -0.2) is 0 Å². The summed E-state index contributed by atoms with van der Waals surface area (Å²) in [6.07, 6.45) is 10.5. The molecular formula is C21H33ClO2. The minimum absolute atomic E-state index is 0.0642. The number of fused-ring (bicyclic) bond motifs is 5. The van der Waals surface area contributed by atoms with E-state index < -0.39 is 0 Å². The Bertz CT molecular complexity index is 520. The van der Waals surface area contributed by atoms with Crippen LogP contribution in [0.2, 0.25) is 0 Å². The van der Waals surface area contributed by atoms with E-state index in [4.69, 9.17) is 11.6 Å². The van der Waals surface area contributed by atoms with E-state index >= 15 is 0 Å². The largest absolute Gasteiger partial charge is 0.393 e. The summed E-state index contributed by atoms with van der Waals surface area (Å²) in [5.74, 6) is 3.74. The van der Waals surface area contributed by atoms with Crippen LogP contribution >= 0.6 is 11.6 Å². The maximum Gasteiger partial charge on any atom is 0.151 e. The Morgan fingerprint density at radius 1 is 1.00 bits per heavy atom. The quantitative estimate of drug-likeness (QED) is 0.724. The molecule has 4 fully saturated rings. The first-order chi connectivity index (χ1) is 11.4. The molecule has 0 bridgehead atoms. The number of hydrogen-bond donors (Lipinski definition) is 1. The van der Waals surface area contributed by atoms with E-state index in [1.54, 1.807) is 0 Å². The number of aliphatic hydroxyl groups excluding tert-OH is 1. The first-order valence-corrected chi connectivity index (χ1v) is 10.7. The van der Waals surface area contributed by atoms with E-state index in [1.807, 2.05) is 0 Å². The number of ketones is 1. The second kappa shape index (κ2) is 5.98. The van der Waals surface area contributed by atoms with Crippen molar-refractivity contribution in [1.82, 2.24) is 0 Å². The SMILES string of the molecule is C[C@]12CC[C@@H](O)C[C@@H]1CC[C@H]1[C@H]2CC[C@]2(C)[C@@H](C(=O)CCl)CC[C@H]12. The van der Waals surface area contributed by atoms with Crippen LogP contribution in [0.5, 0.6) is 0 Å². The lowest BCUT2D eigenvalue weighted by molar-refractivity contribution is -0.138. The Kier molecular flexibility index (Phi) is 4.32. The minimum atomic E-state index is -0.0642. The van der Waals surface area contributed by atoms with Crippen LogP contribution in [0.25, 0.3) is 0 Å². The zero-order valence-electron chi connectivity index (χ0n) is 15.3. The molecule has 1 N–H and O–H groups in total. The number of hydrogen-bond acceptors (Lipinski definition) is 2. The van der Waals surface area contributed by atoms with E-state index in [2.05, 4.69) is 13.8 Å². The van der Waals surface area contributed by atoms with Gasteiger partial charge < -0.3 is 5.11 Å². The number of alkyl halides is 1. The van der Waals surface area contributed by atoms with Crippen LogP contribution in [0.4, 0.5) is 0 Å². The van der Waals surface area contributed by atoms with Gasteiger partial charge in [0.2, 0.25) is 0 Å². The molecule has 0 amide bonds. The normalized spacial score (nSPS) is 53.8. The van der Waals surface area contributed by atoms with Gasteiger partial charge in [-0.3, -0.25) is 4.79 Å². The van der Waals surface area contributed by atoms with Crippen molar-refractivity contribution < 1.29 is 9.90 Å². The third-order valence-electron chi connectivity index (χ3n) is 9.16. The van der Waals surface area contributed by atoms with E-state index in [0.29, 0.717) is 17.1 Å². The molecule has 0 saturated heterocycles. The van der Waals surface area contributed by atoms with Crippen LogP contribution < -0.4 is 0 Å². The Labute approximate surface area is 151 Å². The van der Waals surface area contributed by atoms with Crippen LogP contribution in [0.3, 0.4) is 0 Å². The van der Waals surface area contributed by atoms with Crippen LogP contribution in [-0.2, 0) is 4.79 Å². The lowest BCUT2D eigenvalue weighted by Gasteiger charge is -2.60. The van der Waals surface area contributed by atoms with Crippen molar-refractivity contribution in [2.24, 2.45) is 40.4 Å². The molecule has 4 aliphatic rings. The third-order valence-corrected chi connectivity index (χ3v) is 9.42. The highest BCUT2D eigenvalue weighted by molar-refractivity contribution is 6.28. The van der Waals surface area contributed by atoms with Gasteiger partial charge >= 0.3 is 0 Å². The highest BCUT2D eigenvalue weighted by Gasteiger charge is 2.60. The Balaban J connectivity index is 1.60. The Morgan fingerprint density at radius 2 is 1.71 bits per heavy atom. The van der Waals surface area contributed by atoms with E-state index in [0.717, 1.165) is 37.0 Å². The fourth-order valence-electron chi connectivity index (χ4n) is 7.86. The van der Waals surface area contributed by atoms with Crippen molar-refractivity contribution in [3.63, 3.8) is 0 Å². The molecule has 3 heteroatoms. The first kappa shape index (κ1) is 17.3. The van der Waals surface area contributed by atoms with Crippen molar-refractivity contribution in [3.05, 3.63) is 0 Å². The Morgan fingerprint density at radius 3 is 2.46 bits per heavy atom.